The molecule has 1 aromatic rings. The fourth-order valence-electron chi connectivity index (χ4n) is 5.65. The number of amides is 1. The third-order valence-electron chi connectivity index (χ3n) is 6.89. The molecule has 3 fully saturated rings. The quantitative estimate of drug-likeness (QED) is 0.873. The second kappa shape index (κ2) is 7.45. The minimum atomic E-state index is -0.473. The molecule has 26 heavy (non-hydrogen) atoms. The molecule has 2 saturated carbocycles. The average molecular weight is 380 g/mol. The summed E-state index contributed by atoms with van der Waals surface area (Å²) in [4.78, 5) is 18.4. The first-order chi connectivity index (χ1) is 12.0. The molecule has 2 N–H and O–H groups in total. The summed E-state index contributed by atoms with van der Waals surface area (Å²) in [5.41, 5.74) is 6.57. The Morgan fingerprint density at radius 1 is 1.31 bits per heavy atom. The van der Waals surface area contributed by atoms with E-state index in [-0.39, 0.29) is 18.0 Å². The van der Waals surface area contributed by atoms with Crippen molar-refractivity contribution in [1.29, 1.82) is 0 Å². The van der Waals surface area contributed by atoms with Crippen molar-refractivity contribution in [2.45, 2.75) is 50.7 Å². The highest BCUT2D eigenvalue weighted by atomic mass is 35.5. The highest BCUT2D eigenvalue weighted by Crippen LogP contribution is 2.52. The molecule has 2 atom stereocenters. The molecule has 2 aliphatic carbocycles. The summed E-state index contributed by atoms with van der Waals surface area (Å²) in [6, 6.07) is 4.63. The Labute approximate surface area is 162 Å². The molecule has 144 valence electrons. The lowest BCUT2D eigenvalue weighted by molar-refractivity contribution is -0.179. The number of fused-ring (bicyclic) bond motifs is 2. The van der Waals surface area contributed by atoms with Crippen LogP contribution in [0.1, 0.15) is 55.1 Å². The van der Waals surface area contributed by atoms with Crippen LogP contribution in [0.15, 0.2) is 18.3 Å². The van der Waals surface area contributed by atoms with Gasteiger partial charge < -0.3 is 10.5 Å². The smallest absolute Gasteiger partial charge is 0.267 e. The molecule has 5 nitrogen and oxygen atoms in total. The third kappa shape index (κ3) is 3.04. The Bertz CT molecular complexity index is 648. The number of carbonyl (C=O) groups excluding carboxylic acids is 1. The Morgan fingerprint density at radius 2 is 1.96 bits per heavy atom. The molecule has 2 heterocycles. The van der Waals surface area contributed by atoms with Crippen molar-refractivity contribution in [2.24, 2.45) is 23.5 Å². The van der Waals surface area contributed by atoms with E-state index in [1.54, 1.807) is 6.20 Å². The van der Waals surface area contributed by atoms with Crippen LogP contribution >= 0.6 is 12.4 Å². The monoisotopic (exact) mass is 379 g/mol. The number of pyridine rings is 1. The Hall–Kier alpha value is -1.17. The number of carbonyl (C=O) groups is 1. The number of likely N-dealkylation sites (tertiary alicyclic amines) is 1. The van der Waals surface area contributed by atoms with Crippen LogP contribution in [-0.2, 0) is 10.3 Å². The minimum absolute atomic E-state index is 0. The van der Waals surface area contributed by atoms with Crippen molar-refractivity contribution in [3.05, 3.63) is 29.6 Å². The van der Waals surface area contributed by atoms with Crippen LogP contribution in [-0.4, -0.2) is 42.0 Å². The van der Waals surface area contributed by atoms with E-state index in [4.69, 9.17) is 10.5 Å². The van der Waals surface area contributed by atoms with Gasteiger partial charge >= 0.3 is 0 Å². The number of halogens is 1. The molecular weight excluding hydrogens is 350 g/mol. The maximum Gasteiger partial charge on any atom is 0.267 e. The molecule has 6 heteroatoms. The van der Waals surface area contributed by atoms with E-state index in [0.717, 1.165) is 30.6 Å². The summed E-state index contributed by atoms with van der Waals surface area (Å²) < 4.78 is 6.26. The van der Waals surface area contributed by atoms with E-state index in [9.17, 15) is 4.79 Å². The van der Waals surface area contributed by atoms with Gasteiger partial charge in [0.05, 0.1) is 0 Å². The van der Waals surface area contributed by atoms with Gasteiger partial charge in [-0.2, -0.15) is 0 Å². The minimum Gasteiger partial charge on any atom is -0.373 e. The molecule has 0 spiro atoms. The lowest BCUT2D eigenvalue weighted by atomic mass is 9.61. The van der Waals surface area contributed by atoms with Crippen LogP contribution in [0.3, 0.4) is 0 Å². The Kier molecular flexibility index (Phi) is 5.61. The van der Waals surface area contributed by atoms with Gasteiger partial charge in [0, 0.05) is 44.3 Å². The zero-order valence-corrected chi connectivity index (χ0v) is 16.5. The van der Waals surface area contributed by atoms with Gasteiger partial charge in [0.25, 0.3) is 5.91 Å². The second-order valence-electron chi connectivity index (χ2n) is 8.30. The number of aromatic nitrogens is 1. The number of nitrogens with zero attached hydrogens (tertiary/aromatic N) is 2. The summed E-state index contributed by atoms with van der Waals surface area (Å²) in [5, 5.41) is 0. The normalized spacial score (nSPS) is 36.7. The fourth-order valence-corrected chi connectivity index (χ4v) is 5.65. The van der Waals surface area contributed by atoms with Gasteiger partial charge in [-0.3, -0.25) is 14.7 Å². The van der Waals surface area contributed by atoms with Crippen molar-refractivity contribution < 1.29 is 9.53 Å². The van der Waals surface area contributed by atoms with Crippen LogP contribution in [0.4, 0.5) is 0 Å². The highest BCUT2D eigenvalue weighted by Gasteiger charge is 2.54. The predicted octanol–water partition coefficient (Wildman–Crippen LogP) is 2.97. The van der Waals surface area contributed by atoms with Gasteiger partial charge in [-0.15, -0.1) is 12.4 Å². The van der Waals surface area contributed by atoms with Crippen LogP contribution in [0.25, 0.3) is 0 Å². The van der Waals surface area contributed by atoms with Crippen molar-refractivity contribution in [2.75, 3.05) is 20.2 Å². The van der Waals surface area contributed by atoms with Gasteiger partial charge in [-0.25, -0.2) is 0 Å². The van der Waals surface area contributed by atoms with Crippen molar-refractivity contribution >= 4 is 18.3 Å². The molecule has 2 bridgehead atoms. The molecule has 1 saturated heterocycles. The zero-order valence-electron chi connectivity index (χ0n) is 15.7. The van der Waals surface area contributed by atoms with E-state index in [1.807, 2.05) is 19.2 Å². The number of nitrogens with two attached hydrogens (primary N) is 1. The zero-order chi connectivity index (χ0) is 17.6. The van der Waals surface area contributed by atoms with Crippen molar-refractivity contribution in [3.63, 3.8) is 0 Å². The standard InChI is InChI=1S/C20H29N3O2.ClH/c1-13-8-17(9-13)23-11-15-4-3-5-16(12-23)20(15,25-2)14-6-7-22-18(10-14)19(21)24;/h6-7,10,13,15-17H,3-5,8-9,11-12H2,1-2H3,(H2,21,24);1H. The Morgan fingerprint density at radius 3 is 2.50 bits per heavy atom. The first-order valence-electron chi connectivity index (χ1n) is 9.60. The highest BCUT2D eigenvalue weighted by molar-refractivity contribution is 5.90. The van der Waals surface area contributed by atoms with Gasteiger partial charge in [0.1, 0.15) is 11.3 Å². The second-order valence-corrected chi connectivity index (χ2v) is 8.30. The molecule has 3 aliphatic rings. The number of piperidine rings is 1. The number of hydrogen-bond acceptors (Lipinski definition) is 4. The summed E-state index contributed by atoms with van der Waals surface area (Å²) >= 11 is 0. The number of hydrogen-bond donors (Lipinski definition) is 1. The molecular formula is C20H30ClN3O2. The fraction of sp³-hybridized carbons (Fsp3) is 0.700. The van der Waals surface area contributed by atoms with Crippen LogP contribution < -0.4 is 5.73 Å². The van der Waals surface area contributed by atoms with E-state index in [1.165, 1.54) is 32.1 Å². The van der Waals surface area contributed by atoms with Gasteiger partial charge in [-0.1, -0.05) is 13.3 Å². The van der Waals surface area contributed by atoms with E-state index in [2.05, 4.69) is 16.8 Å². The third-order valence-corrected chi connectivity index (χ3v) is 6.89. The molecule has 1 amide bonds. The first kappa shape index (κ1) is 19.6. The van der Waals surface area contributed by atoms with Crippen molar-refractivity contribution in [3.8, 4) is 0 Å². The van der Waals surface area contributed by atoms with Crippen LogP contribution in [0, 0.1) is 17.8 Å². The van der Waals surface area contributed by atoms with E-state index in [0.29, 0.717) is 17.5 Å². The lowest BCUT2D eigenvalue weighted by Gasteiger charge is -2.58. The molecule has 4 rings (SSSR count). The SMILES string of the molecule is COC1(c2ccnc(C(N)=O)c2)C2CCCC1CN(C1CC(C)C1)C2.Cl. The molecule has 0 aromatic carbocycles. The van der Waals surface area contributed by atoms with Gasteiger partial charge in [0.15, 0.2) is 0 Å². The summed E-state index contributed by atoms with van der Waals surface area (Å²) in [6.45, 7) is 4.54. The Balaban J connectivity index is 0.00000196. The maximum atomic E-state index is 11.6. The number of rotatable bonds is 4. The largest absolute Gasteiger partial charge is 0.373 e. The molecule has 1 aromatic heterocycles. The van der Waals surface area contributed by atoms with Crippen LogP contribution in [0.2, 0.25) is 0 Å². The van der Waals surface area contributed by atoms with Crippen molar-refractivity contribution in [1.82, 2.24) is 9.88 Å². The van der Waals surface area contributed by atoms with Gasteiger partial charge in [0.2, 0.25) is 0 Å². The van der Waals surface area contributed by atoms with E-state index < -0.39 is 5.91 Å². The van der Waals surface area contributed by atoms with Gasteiger partial charge in [-0.05, 0) is 49.3 Å². The summed E-state index contributed by atoms with van der Waals surface area (Å²) in [5.74, 6) is 1.32. The predicted molar refractivity (Wildman–Crippen MR) is 103 cm³/mol. The van der Waals surface area contributed by atoms with Crippen LogP contribution in [0.5, 0.6) is 0 Å². The topological polar surface area (TPSA) is 68.5 Å². The number of primary amides is 1. The number of methoxy groups -OCH3 is 1. The lowest BCUT2D eigenvalue weighted by Crippen LogP contribution is -2.62. The summed E-state index contributed by atoms with van der Waals surface area (Å²) in [6.07, 6.45) is 7.99. The molecule has 2 unspecified atom stereocenters. The summed E-state index contributed by atoms with van der Waals surface area (Å²) in [7, 11) is 1.83. The van der Waals surface area contributed by atoms with E-state index >= 15 is 0 Å². The first-order valence-corrected chi connectivity index (χ1v) is 9.60. The average Bonchev–Trinajstić information content (AvgIpc) is 2.57. The molecule has 0 radical (unpaired) electrons. The maximum absolute atomic E-state index is 11.6. The number of ether oxygens (including phenoxy) is 1. The molecule has 1 aliphatic heterocycles.